The number of hydrogen-bond acceptors (Lipinski definition) is 3. The molecule has 3 heteroatoms. The molecule has 0 radical (unpaired) electrons. The Morgan fingerprint density at radius 3 is 3.09 bits per heavy atom. The zero-order valence-electron chi connectivity index (χ0n) is 6.11. The van der Waals surface area contributed by atoms with E-state index in [1.165, 1.54) is 19.4 Å². The van der Waals surface area contributed by atoms with Gasteiger partial charge >= 0.3 is 5.97 Å². The van der Waals surface area contributed by atoms with Crippen molar-refractivity contribution in [2.75, 3.05) is 7.11 Å². The van der Waals surface area contributed by atoms with Crippen molar-refractivity contribution in [1.29, 1.82) is 0 Å². The van der Waals surface area contributed by atoms with Gasteiger partial charge < -0.3 is 9.15 Å². The summed E-state index contributed by atoms with van der Waals surface area (Å²) in [5.41, 5.74) is 0.843. The summed E-state index contributed by atoms with van der Waals surface area (Å²) in [5.74, 6) is -0.369. The molecule has 0 atom stereocenters. The maximum atomic E-state index is 10.6. The molecule has 0 bridgehead atoms. The van der Waals surface area contributed by atoms with Crippen LogP contribution in [-0.4, -0.2) is 13.1 Å². The Morgan fingerprint density at radius 2 is 2.55 bits per heavy atom. The predicted octanol–water partition coefficient (Wildman–Crippen LogP) is 1.47. The summed E-state index contributed by atoms with van der Waals surface area (Å²) in [6.45, 7) is 0. The standard InChI is InChI=1S/C8H8O3/c1-10-8(9)3-2-7-4-5-11-6-7/h2-6H,1H3/b3-2+. The fraction of sp³-hybridized carbons (Fsp3) is 0.125. The minimum Gasteiger partial charge on any atom is -0.472 e. The highest BCUT2D eigenvalue weighted by Crippen LogP contribution is 2.01. The minimum atomic E-state index is -0.369. The lowest BCUT2D eigenvalue weighted by Crippen LogP contribution is -1.92. The first kappa shape index (κ1) is 7.60. The van der Waals surface area contributed by atoms with Crippen molar-refractivity contribution in [2.24, 2.45) is 0 Å². The largest absolute Gasteiger partial charge is 0.472 e. The molecular formula is C8H8O3. The zero-order chi connectivity index (χ0) is 8.10. The maximum Gasteiger partial charge on any atom is 0.330 e. The number of carbonyl (C=O) groups is 1. The molecule has 0 fully saturated rings. The van der Waals surface area contributed by atoms with Gasteiger partial charge in [-0.15, -0.1) is 0 Å². The molecule has 0 amide bonds. The summed E-state index contributed by atoms with van der Waals surface area (Å²) in [5, 5.41) is 0. The Labute approximate surface area is 64.3 Å². The summed E-state index contributed by atoms with van der Waals surface area (Å²) < 4.78 is 9.17. The van der Waals surface area contributed by atoms with Crippen LogP contribution in [0.1, 0.15) is 5.56 Å². The van der Waals surface area contributed by atoms with Gasteiger partial charge in [0.1, 0.15) is 0 Å². The molecule has 3 nitrogen and oxygen atoms in total. The van der Waals surface area contributed by atoms with Crippen LogP contribution in [0.3, 0.4) is 0 Å². The topological polar surface area (TPSA) is 39.4 Å². The zero-order valence-corrected chi connectivity index (χ0v) is 6.11. The van der Waals surface area contributed by atoms with Crippen LogP contribution < -0.4 is 0 Å². The van der Waals surface area contributed by atoms with Crippen LogP contribution in [0.15, 0.2) is 29.1 Å². The summed E-state index contributed by atoms with van der Waals surface area (Å²) in [6.07, 6.45) is 6.04. The van der Waals surface area contributed by atoms with Gasteiger partial charge in [-0.1, -0.05) is 0 Å². The highest BCUT2D eigenvalue weighted by molar-refractivity contribution is 5.86. The second-order valence-electron chi connectivity index (χ2n) is 1.91. The minimum absolute atomic E-state index is 0.369. The average molecular weight is 152 g/mol. The van der Waals surface area contributed by atoms with Crippen molar-refractivity contribution in [2.45, 2.75) is 0 Å². The second-order valence-corrected chi connectivity index (χ2v) is 1.91. The fourth-order valence-corrected chi connectivity index (χ4v) is 0.602. The van der Waals surface area contributed by atoms with E-state index >= 15 is 0 Å². The third-order valence-electron chi connectivity index (χ3n) is 1.16. The van der Waals surface area contributed by atoms with Crippen LogP contribution in [-0.2, 0) is 9.53 Å². The third-order valence-corrected chi connectivity index (χ3v) is 1.16. The highest BCUT2D eigenvalue weighted by Gasteiger charge is 1.91. The van der Waals surface area contributed by atoms with Gasteiger partial charge in [-0.25, -0.2) is 4.79 Å². The molecule has 0 aromatic carbocycles. The molecule has 0 aliphatic carbocycles. The molecule has 0 saturated heterocycles. The van der Waals surface area contributed by atoms with Gasteiger partial charge in [-0.3, -0.25) is 0 Å². The van der Waals surface area contributed by atoms with Gasteiger partial charge in [0.2, 0.25) is 0 Å². The number of methoxy groups -OCH3 is 1. The SMILES string of the molecule is COC(=O)/C=C/c1ccoc1. The van der Waals surface area contributed by atoms with Crippen LogP contribution >= 0.6 is 0 Å². The normalized spacial score (nSPS) is 10.3. The van der Waals surface area contributed by atoms with Gasteiger partial charge in [-0.05, 0) is 12.1 Å². The van der Waals surface area contributed by atoms with E-state index in [2.05, 4.69) is 4.74 Å². The molecule has 58 valence electrons. The number of rotatable bonds is 2. The predicted molar refractivity (Wildman–Crippen MR) is 39.8 cm³/mol. The van der Waals surface area contributed by atoms with E-state index in [1.807, 2.05) is 0 Å². The first-order chi connectivity index (χ1) is 5.33. The third kappa shape index (κ3) is 2.29. The Bertz CT molecular complexity index is 246. The molecular weight excluding hydrogens is 144 g/mol. The molecule has 0 spiro atoms. The first-order valence-corrected chi connectivity index (χ1v) is 3.11. The average Bonchev–Trinajstić information content (AvgIpc) is 2.52. The first-order valence-electron chi connectivity index (χ1n) is 3.11. The van der Waals surface area contributed by atoms with Crippen molar-refractivity contribution in [3.63, 3.8) is 0 Å². The number of hydrogen-bond donors (Lipinski definition) is 0. The molecule has 1 rings (SSSR count). The lowest BCUT2D eigenvalue weighted by Gasteiger charge is -1.86. The molecule has 0 aliphatic heterocycles. The monoisotopic (exact) mass is 152 g/mol. The Balaban J connectivity index is 2.55. The summed E-state index contributed by atoms with van der Waals surface area (Å²) in [4.78, 5) is 10.6. The van der Waals surface area contributed by atoms with Gasteiger partial charge in [-0.2, -0.15) is 0 Å². The summed E-state index contributed by atoms with van der Waals surface area (Å²) in [6, 6.07) is 1.75. The Kier molecular flexibility index (Phi) is 2.49. The molecule has 0 aliphatic rings. The van der Waals surface area contributed by atoms with Crippen molar-refractivity contribution >= 4 is 12.0 Å². The molecule has 1 aromatic heterocycles. The number of furan rings is 1. The maximum absolute atomic E-state index is 10.6. The Morgan fingerprint density at radius 1 is 1.73 bits per heavy atom. The van der Waals surface area contributed by atoms with Crippen LogP contribution in [0, 0.1) is 0 Å². The van der Waals surface area contributed by atoms with Crippen LogP contribution in [0.25, 0.3) is 6.08 Å². The van der Waals surface area contributed by atoms with E-state index in [9.17, 15) is 4.79 Å². The van der Waals surface area contributed by atoms with Gasteiger partial charge in [0.15, 0.2) is 0 Å². The van der Waals surface area contributed by atoms with E-state index in [0.29, 0.717) is 0 Å². The molecule has 0 N–H and O–H groups in total. The summed E-state index contributed by atoms with van der Waals surface area (Å²) >= 11 is 0. The highest BCUT2D eigenvalue weighted by atomic mass is 16.5. The quantitative estimate of drug-likeness (QED) is 0.475. The van der Waals surface area contributed by atoms with E-state index in [0.717, 1.165) is 5.56 Å². The molecule has 11 heavy (non-hydrogen) atoms. The van der Waals surface area contributed by atoms with Gasteiger partial charge in [0.25, 0.3) is 0 Å². The Hall–Kier alpha value is -1.51. The van der Waals surface area contributed by atoms with Crippen molar-refractivity contribution in [1.82, 2.24) is 0 Å². The van der Waals surface area contributed by atoms with Gasteiger partial charge in [0, 0.05) is 11.6 Å². The smallest absolute Gasteiger partial charge is 0.330 e. The summed E-state index contributed by atoms with van der Waals surface area (Å²) in [7, 11) is 1.34. The van der Waals surface area contributed by atoms with Crippen molar-refractivity contribution < 1.29 is 13.9 Å². The molecule has 1 aromatic rings. The number of carbonyl (C=O) groups excluding carboxylic acids is 1. The van der Waals surface area contributed by atoms with E-state index < -0.39 is 0 Å². The van der Waals surface area contributed by atoms with Crippen LogP contribution in [0.2, 0.25) is 0 Å². The fourth-order valence-electron chi connectivity index (χ4n) is 0.602. The van der Waals surface area contributed by atoms with E-state index in [-0.39, 0.29) is 5.97 Å². The molecule has 1 heterocycles. The second kappa shape index (κ2) is 3.61. The van der Waals surface area contributed by atoms with Crippen molar-refractivity contribution in [3.05, 3.63) is 30.2 Å². The van der Waals surface area contributed by atoms with Crippen LogP contribution in [0.4, 0.5) is 0 Å². The number of ether oxygens (including phenoxy) is 1. The van der Waals surface area contributed by atoms with Crippen LogP contribution in [0.5, 0.6) is 0 Å². The van der Waals surface area contributed by atoms with E-state index in [4.69, 9.17) is 4.42 Å². The molecule has 0 saturated carbocycles. The lowest BCUT2D eigenvalue weighted by molar-refractivity contribution is -0.134. The van der Waals surface area contributed by atoms with E-state index in [1.54, 1.807) is 18.4 Å². The molecule has 0 unspecified atom stereocenters. The number of esters is 1. The van der Waals surface area contributed by atoms with Gasteiger partial charge in [0.05, 0.1) is 19.6 Å². The van der Waals surface area contributed by atoms with Crippen molar-refractivity contribution in [3.8, 4) is 0 Å². The lowest BCUT2D eigenvalue weighted by atomic mass is 10.3.